The Labute approximate surface area is 137 Å². The molecule has 1 aliphatic heterocycles. The smallest absolute Gasteiger partial charge is 0.251 e. The molecular formula is C14H11Br2NO2S. The first-order valence-electron chi connectivity index (χ1n) is 6.10. The van der Waals surface area contributed by atoms with Crippen molar-refractivity contribution >= 4 is 49.1 Å². The molecule has 20 heavy (non-hydrogen) atoms. The molecule has 1 unspecified atom stereocenters. The maximum atomic E-state index is 11.8. The Balaban J connectivity index is 1.98. The number of rotatable bonds is 2. The zero-order chi connectivity index (χ0) is 14.3. The molecule has 2 heterocycles. The number of benzene rings is 1. The molecule has 0 fully saturated rings. The Morgan fingerprint density at radius 2 is 2.10 bits per heavy atom. The second-order valence-electron chi connectivity index (χ2n) is 4.60. The fourth-order valence-electron chi connectivity index (χ4n) is 2.26. The summed E-state index contributed by atoms with van der Waals surface area (Å²) < 4.78 is 1.87. The zero-order valence-electron chi connectivity index (χ0n) is 10.3. The van der Waals surface area contributed by atoms with Gasteiger partial charge in [-0.15, -0.1) is 11.3 Å². The first-order chi connectivity index (χ1) is 9.56. The summed E-state index contributed by atoms with van der Waals surface area (Å²) in [6, 6.07) is 7.50. The lowest BCUT2D eigenvalue weighted by Crippen LogP contribution is -2.31. The van der Waals surface area contributed by atoms with Gasteiger partial charge in [-0.25, -0.2) is 0 Å². The summed E-state index contributed by atoms with van der Waals surface area (Å²) in [6.07, 6.45) is 0.121. The molecule has 0 aliphatic carbocycles. The van der Waals surface area contributed by atoms with Gasteiger partial charge in [0.05, 0.1) is 3.79 Å². The lowest BCUT2D eigenvalue weighted by molar-refractivity contribution is 0.0945. The Morgan fingerprint density at radius 1 is 1.30 bits per heavy atom. The van der Waals surface area contributed by atoms with E-state index < -0.39 is 6.10 Å². The van der Waals surface area contributed by atoms with Crippen LogP contribution in [0.1, 0.15) is 32.5 Å². The quantitative estimate of drug-likeness (QED) is 0.785. The van der Waals surface area contributed by atoms with Crippen LogP contribution in [0.25, 0.3) is 0 Å². The summed E-state index contributed by atoms with van der Waals surface area (Å²) in [7, 11) is 0. The highest BCUT2D eigenvalue weighted by Crippen LogP contribution is 2.37. The van der Waals surface area contributed by atoms with Gasteiger partial charge in [-0.2, -0.15) is 0 Å². The van der Waals surface area contributed by atoms with Crippen molar-refractivity contribution in [1.29, 1.82) is 0 Å². The number of fused-ring (bicyclic) bond motifs is 1. The monoisotopic (exact) mass is 415 g/mol. The third kappa shape index (κ3) is 2.57. The molecule has 1 amide bonds. The van der Waals surface area contributed by atoms with Gasteiger partial charge in [0.25, 0.3) is 5.91 Å². The Morgan fingerprint density at radius 3 is 2.80 bits per heavy atom. The van der Waals surface area contributed by atoms with E-state index in [0.717, 1.165) is 30.7 Å². The number of aliphatic hydroxyl groups excluding tert-OH is 1. The van der Waals surface area contributed by atoms with Crippen LogP contribution in [0.15, 0.2) is 32.5 Å². The topological polar surface area (TPSA) is 49.3 Å². The molecule has 2 aromatic rings. The Bertz CT molecular complexity index is 664. The fourth-order valence-corrected chi connectivity index (χ4v) is 4.37. The van der Waals surface area contributed by atoms with Crippen LogP contribution < -0.4 is 5.32 Å². The van der Waals surface area contributed by atoms with Crippen LogP contribution in [0.5, 0.6) is 0 Å². The molecular weight excluding hydrogens is 406 g/mol. The van der Waals surface area contributed by atoms with Crippen LogP contribution in [0.3, 0.4) is 0 Å². The molecule has 0 spiro atoms. The van der Waals surface area contributed by atoms with E-state index in [1.807, 2.05) is 18.2 Å². The first-order valence-corrected chi connectivity index (χ1v) is 8.50. The van der Waals surface area contributed by atoms with Gasteiger partial charge in [-0.05, 0) is 61.5 Å². The van der Waals surface area contributed by atoms with Gasteiger partial charge < -0.3 is 10.4 Å². The third-order valence-electron chi connectivity index (χ3n) is 3.31. The summed E-state index contributed by atoms with van der Waals surface area (Å²) in [6.45, 7) is 0.679. The Kier molecular flexibility index (Phi) is 3.99. The van der Waals surface area contributed by atoms with Crippen LogP contribution in [0.2, 0.25) is 0 Å². The molecule has 0 saturated heterocycles. The fraction of sp³-hybridized carbons (Fsp3) is 0.214. The van der Waals surface area contributed by atoms with Gasteiger partial charge in [-0.1, -0.05) is 12.1 Å². The molecule has 0 radical (unpaired) electrons. The first kappa shape index (κ1) is 14.3. The van der Waals surface area contributed by atoms with Crippen molar-refractivity contribution in [1.82, 2.24) is 5.32 Å². The highest BCUT2D eigenvalue weighted by atomic mass is 79.9. The van der Waals surface area contributed by atoms with Crippen LogP contribution >= 0.6 is 43.2 Å². The van der Waals surface area contributed by atoms with E-state index in [-0.39, 0.29) is 5.91 Å². The summed E-state index contributed by atoms with van der Waals surface area (Å²) in [5.41, 5.74) is 2.45. The lowest BCUT2D eigenvalue weighted by atomic mass is 9.96. The molecule has 104 valence electrons. The van der Waals surface area contributed by atoms with Gasteiger partial charge in [0.1, 0.15) is 6.10 Å². The lowest BCUT2D eigenvalue weighted by Gasteiger charge is -2.18. The molecule has 2 N–H and O–H groups in total. The van der Waals surface area contributed by atoms with Crippen molar-refractivity contribution in [2.75, 3.05) is 6.54 Å². The van der Waals surface area contributed by atoms with Gasteiger partial charge >= 0.3 is 0 Å². The minimum absolute atomic E-state index is 0.0613. The van der Waals surface area contributed by atoms with E-state index >= 15 is 0 Å². The molecule has 1 atom stereocenters. The summed E-state index contributed by atoms with van der Waals surface area (Å²) in [4.78, 5) is 12.7. The second-order valence-corrected chi connectivity index (χ2v) is 7.85. The summed E-state index contributed by atoms with van der Waals surface area (Å²) >= 11 is 8.31. The average molecular weight is 417 g/mol. The number of hydrogen-bond acceptors (Lipinski definition) is 3. The highest BCUT2D eigenvalue weighted by Gasteiger charge is 2.20. The predicted molar refractivity (Wildman–Crippen MR) is 86.3 cm³/mol. The van der Waals surface area contributed by atoms with E-state index in [2.05, 4.69) is 37.2 Å². The molecule has 6 heteroatoms. The van der Waals surface area contributed by atoms with E-state index in [4.69, 9.17) is 0 Å². The van der Waals surface area contributed by atoms with Crippen molar-refractivity contribution in [3.05, 3.63) is 54.1 Å². The average Bonchev–Trinajstić information content (AvgIpc) is 2.78. The van der Waals surface area contributed by atoms with Crippen molar-refractivity contribution in [3.8, 4) is 0 Å². The van der Waals surface area contributed by atoms with Crippen LogP contribution in [0, 0.1) is 0 Å². The largest absolute Gasteiger partial charge is 0.383 e. The number of thiophene rings is 1. The standard InChI is InChI=1S/C14H11Br2NO2S/c15-10-6-11(20-13(10)16)12(18)8-2-1-7-3-4-17-14(19)9(7)5-8/h1-2,5-6,12,18H,3-4H2,(H,17,19). The second kappa shape index (κ2) is 5.60. The summed E-state index contributed by atoms with van der Waals surface area (Å²) in [5.74, 6) is -0.0613. The molecule has 0 bridgehead atoms. The zero-order valence-corrected chi connectivity index (χ0v) is 14.3. The molecule has 3 rings (SSSR count). The van der Waals surface area contributed by atoms with Crippen molar-refractivity contribution in [3.63, 3.8) is 0 Å². The van der Waals surface area contributed by atoms with Crippen LogP contribution in [0.4, 0.5) is 0 Å². The molecule has 3 nitrogen and oxygen atoms in total. The van der Waals surface area contributed by atoms with E-state index in [1.165, 1.54) is 11.3 Å². The highest BCUT2D eigenvalue weighted by molar-refractivity contribution is 9.13. The van der Waals surface area contributed by atoms with Crippen molar-refractivity contribution < 1.29 is 9.90 Å². The normalized spacial score (nSPS) is 15.7. The molecule has 0 saturated carbocycles. The van der Waals surface area contributed by atoms with Crippen LogP contribution in [-0.4, -0.2) is 17.6 Å². The summed E-state index contributed by atoms with van der Waals surface area (Å²) in [5, 5.41) is 13.3. The number of aliphatic hydroxyl groups is 1. The van der Waals surface area contributed by atoms with Gasteiger partial charge in [0.2, 0.25) is 0 Å². The van der Waals surface area contributed by atoms with E-state index in [0.29, 0.717) is 12.1 Å². The van der Waals surface area contributed by atoms with E-state index in [9.17, 15) is 9.90 Å². The maximum Gasteiger partial charge on any atom is 0.251 e. The number of carbonyl (C=O) groups is 1. The van der Waals surface area contributed by atoms with Gasteiger partial charge in [0.15, 0.2) is 0 Å². The molecule has 1 aromatic heterocycles. The maximum absolute atomic E-state index is 11.8. The predicted octanol–water partition coefficient (Wildman–Crippen LogP) is 3.64. The minimum Gasteiger partial charge on any atom is -0.383 e. The number of hydrogen-bond donors (Lipinski definition) is 2. The van der Waals surface area contributed by atoms with E-state index in [1.54, 1.807) is 6.07 Å². The van der Waals surface area contributed by atoms with Gasteiger partial charge in [0, 0.05) is 21.5 Å². The number of halogens is 2. The van der Waals surface area contributed by atoms with Crippen molar-refractivity contribution in [2.24, 2.45) is 0 Å². The third-order valence-corrected chi connectivity index (χ3v) is 6.62. The Hall–Kier alpha value is -0.690. The molecule has 1 aliphatic rings. The molecule has 1 aromatic carbocycles. The number of carbonyl (C=O) groups excluding carboxylic acids is 1. The number of nitrogens with one attached hydrogen (secondary N) is 1. The number of amides is 1. The SMILES string of the molecule is O=C1NCCc2ccc(C(O)c3cc(Br)c(Br)s3)cc21. The van der Waals surface area contributed by atoms with Crippen LogP contribution in [-0.2, 0) is 6.42 Å². The minimum atomic E-state index is -0.720. The van der Waals surface area contributed by atoms with Crippen molar-refractivity contribution in [2.45, 2.75) is 12.5 Å². The van der Waals surface area contributed by atoms with Gasteiger partial charge in [-0.3, -0.25) is 4.79 Å².